The average molecular weight is 447 g/mol. The Balaban J connectivity index is 2.26. The zero-order valence-corrected chi connectivity index (χ0v) is 18.8. The molecule has 0 fully saturated rings. The number of carbonyl (C=O) groups is 1. The normalized spacial score (nSPS) is 12.9. The molecular formula is C24H34N2O6. The number of carbonyl (C=O) groups excluding carboxylic acids is 1. The summed E-state index contributed by atoms with van der Waals surface area (Å²) in [4.78, 5) is 17.1. The van der Waals surface area contributed by atoms with E-state index in [2.05, 4.69) is 0 Å². The van der Waals surface area contributed by atoms with Gasteiger partial charge in [-0.1, -0.05) is 12.1 Å². The molecule has 0 radical (unpaired) electrons. The lowest BCUT2D eigenvalue weighted by Gasteiger charge is -2.29. The number of methoxy groups -OCH3 is 1. The maximum absolute atomic E-state index is 13.4. The summed E-state index contributed by atoms with van der Waals surface area (Å²) in [7, 11) is 1.49. The molecule has 32 heavy (non-hydrogen) atoms. The maximum Gasteiger partial charge on any atom is 0.198 e. The van der Waals surface area contributed by atoms with Gasteiger partial charge in [-0.3, -0.25) is 4.79 Å². The summed E-state index contributed by atoms with van der Waals surface area (Å²) in [6.45, 7) is 3.17. The van der Waals surface area contributed by atoms with Gasteiger partial charge in [-0.25, -0.2) is 0 Å². The van der Waals surface area contributed by atoms with E-state index in [-0.39, 0.29) is 32.2 Å². The van der Waals surface area contributed by atoms with E-state index in [1.807, 2.05) is 34.1 Å². The van der Waals surface area contributed by atoms with Crippen LogP contribution in [0.2, 0.25) is 0 Å². The second-order valence-corrected chi connectivity index (χ2v) is 7.53. The van der Waals surface area contributed by atoms with Crippen molar-refractivity contribution < 1.29 is 30.0 Å². The molecule has 0 spiro atoms. The van der Waals surface area contributed by atoms with Crippen molar-refractivity contribution >= 4 is 17.2 Å². The summed E-state index contributed by atoms with van der Waals surface area (Å²) in [5, 5.41) is 36.9. The quantitative estimate of drug-likeness (QED) is 0.318. The van der Waals surface area contributed by atoms with Gasteiger partial charge in [0.05, 0.1) is 26.4 Å². The second kappa shape index (κ2) is 12.5. The van der Waals surface area contributed by atoms with Crippen LogP contribution in [0.5, 0.6) is 0 Å². The highest BCUT2D eigenvalue weighted by Crippen LogP contribution is 2.31. The highest BCUT2D eigenvalue weighted by atomic mass is 16.5. The lowest BCUT2D eigenvalue weighted by atomic mass is 9.87. The number of nitrogens with zero attached hydrogens (tertiary/aromatic N) is 2. The molecule has 1 unspecified atom stereocenters. The van der Waals surface area contributed by atoms with Crippen LogP contribution in [-0.4, -0.2) is 85.9 Å². The van der Waals surface area contributed by atoms with Gasteiger partial charge in [0, 0.05) is 50.2 Å². The number of rotatable bonds is 14. The van der Waals surface area contributed by atoms with Crippen LogP contribution < -0.4 is 9.80 Å². The molecule has 0 saturated heterocycles. The van der Waals surface area contributed by atoms with E-state index in [9.17, 15) is 25.2 Å². The number of hydrogen-bond acceptors (Lipinski definition) is 8. The smallest absolute Gasteiger partial charge is 0.198 e. The first-order chi connectivity index (χ1) is 15.4. The molecule has 8 heteroatoms. The minimum Gasteiger partial charge on any atom is -0.395 e. The van der Waals surface area contributed by atoms with Gasteiger partial charge in [-0.2, -0.15) is 0 Å². The predicted octanol–water partition coefficient (Wildman–Crippen LogP) is 1.01. The van der Waals surface area contributed by atoms with Crippen LogP contribution >= 0.6 is 0 Å². The molecular weight excluding hydrogens is 412 g/mol. The molecule has 0 amide bonds. The Morgan fingerprint density at radius 1 is 0.750 bits per heavy atom. The van der Waals surface area contributed by atoms with Crippen LogP contribution in [0.4, 0.5) is 11.4 Å². The van der Waals surface area contributed by atoms with Crippen molar-refractivity contribution in [1.29, 1.82) is 0 Å². The van der Waals surface area contributed by atoms with Crippen molar-refractivity contribution in [2.75, 3.05) is 69.5 Å². The predicted molar refractivity (Wildman–Crippen MR) is 124 cm³/mol. The highest BCUT2D eigenvalue weighted by molar-refractivity contribution is 6.03. The summed E-state index contributed by atoms with van der Waals surface area (Å²) < 4.78 is 5.67. The summed E-state index contributed by atoms with van der Waals surface area (Å²) in [5.41, 5.74) is 1.61. The summed E-state index contributed by atoms with van der Waals surface area (Å²) in [6.07, 6.45) is 0. The molecule has 2 aromatic rings. The van der Waals surface area contributed by atoms with Crippen molar-refractivity contribution in [2.45, 2.75) is 12.5 Å². The minimum atomic E-state index is -1.20. The fourth-order valence-electron chi connectivity index (χ4n) is 3.65. The Bertz CT molecular complexity index is 815. The molecule has 0 bridgehead atoms. The van der Waals surface area contributed by atoms with Gasteiger partial charge in [0.15, 0.2) is 11.4 Å². The first kappa shape index (κ1) is 25.8. The standard InChI is InChI=1S/C24H34N2O6/c1-24(32-2,20-5-9-22(10-6-20)26(13-17-29)14-18-30)23(31)19-3-7-21(8-4-19)25(11-15-27)12-16-28/h3-10,27-30H,11-18H2,1-2H3. The van der Waals surface area contributed by atoms with Crippen LogP contribution in [0.25, 0.3) is 0 Å². The summed E-state index contributed by atoms with van der Waals surface area (Å²) in [6, 6.07) is 14.3. The topological polar surface area (TPSA) is 114 Å². The molecule has 8 nitrogen and oxygen atoms in total. The van der Waals surface area contributed by atoms with E-state index < -0.39 is 5.60 Å². The van der Waals surface area contributed by atoms with E-state index in [0.717, 1.165) is 11.4 Å². The Labute approximate surface area is 189 Å². The van der Waals surface area contributed by atoms with Crippen LogP contribution in [0.3, 0.4) is 0 Å². The molecule has 4 N–H and O–H groups in total. The highest BCUT2D eigenvalue weighted by Gasteiger charge is 2.36. The Morgan fingerprint density at radius 3 is 1.47 bits per heavy atom. The SMILES string of the molecule is COC(C)(C(=O)c1ccc(N(CCO)CCO)cc1)c1ccc(N(CCO)CCO)cc1. The Morgan fingerprint density at radius 2 is 1.12 bits per heavy atom. The average Bonchev–Trinajstić information content (AvgIpc) is 2.83. The number of anilines is 2. The van der Waals surface area contributed by atoms with Gasteiger partial charge >= 0.3 is 0 Å². The molecule has 0 aromatic heterocycles. The molecule has 2 rings (SSSR count). The number of hydrogen-bond donors (Lipinski definition) is 4. The van der Waals surface area contributed by atoms with E-state index in [4.69, 9.17) is 4.74 Å². The number of aliphatic hydroxyl groups is 4. The number of benzene rings is 2. The molecule has 176 valence electrons. The second-order valence-electron chi connectivity index (χ2n) is 7.53. The summed E-state index contributed by atoms with van der Waals surface area (Å²) >= 11 is 0. The van der Waals surface area contributed by atoms with Gasteiger partial charge in [0.25, 0.3) is 0 Å². The first-order valence-corrected chi connectivity index (χ1v) is 10.7. The van der Waals surface area contributed by atoms with Gasteiger partial charge in [-0.15, -0.1) is 0 Å². The number of ether oxygens (including phenoxy) is 1. The summed E-state index contributed by atoms with van der Waals surface area (Å²) in [5.74, 6) is -0.197. The molecule has 0 saturated carbocycles. The van der Waals surface area contributed by atoms with Crippen LogP contribution in [-0.2, 0) is 10.3 Å². The van der Waals surface area contributed by atoms with Gasteiger partial charge < -0.3 is 35.0 Å². The Kier molecular flexibility index (Phi) is 10.1. The van der Waals surface area contributed by atoms with E-state index >= 15 is 0 Å². The molecule has 0 heterocycles. The van der Waals surface area contributed by atoms with Crippen molar-refractivity contribution in [3.05, 3.63) is 59.7 Å². The van der Waals surface area contributed by atoms with E-state index in [0.29, 0.717) is 37.3 Å². The van der Waals surface area contributed by atoms with Crippen molar-refractivity contribution in [3.8, 4) is 0 Å². The van der Waals surface area contributed by atoms with Crippen LogP contribution in [0.1, 0.15) is 22.8 Å². The molecule has 0 aliphatic rings. The third-order valence-electron chi connectivity index (χ3n) is 5.60. The van der Waals surface area contributed by atoms with Crippen molar-refractivity contribution in [2.24, 2.45) is 0 Å². The van der Waals surface area contributed by atoms with Crippen LogP contribution in [0.15, 0.2) is 48.5 Å². The molecule has 0 aliphatic carbocycles. The van der Waals surface area contributed by atoms with E-state index in [1.54, 1.807) is 31.2 Å². The third-order valence-corrected chi connectivity index (χ3v) is 5.60. The van der Waals surface area contributed by atoms with Gasteiger partial charge in [0.2, 0.25) is 0 Å². The van der Waals surface area contributed by atoms with Crippen molar-refractivity contribution in [3.63, 3.8) is 0 Å². The lowest BCUT2D eigenvalue weighted by molar-refractivity contribution is 0.0102. The van der Waals surface area contributed by atoms with Gasteiger partial charge in [0.1, 0.15) is 0 Å². The largest absolute Gasteiger partial charge is 0.395 e. The maximum atomic E-state index is 13.4. The zero-order chi connectivity index (χ0) is 23.6. The number of ketones is 1. The lowest BCUT2D eigenvalue weighted by Crippen LogP contribution is -2.35. The van der Waals surface area contributed by atoms with Crippen LogP contribution in [0, 0.1) is 0 Å². The minimum absolute atomic E-state index is 0.0277. The molecule has 2 aromatic carbocycles. The van der Waals surface area contributed by atoms with Gasteiger partial charge in [-0.05, 0) is 48.9 Å². The van der Waals surface area contributed by atoms with E-state index in [1.165, 1.54) is 7.11 Å². The number of aliphatic hydroxyl groups excluding tert-OH is 4. The molecule has 1 atom stereocenters. The fraction of sp³-hybridized carbons (Fsp3) is 0.458. The molecule has 0 aliphatic heterocycles. The third kappa shape index (κ3) is 6.05. The van der Waals surface area contributed by atoms with Crippen molar-refractivity contribution in [1.82, 2.24) is 0 Å². The fourth-order valence-corrected chi connectivity index (χ4v) is 3.65. The first-order valence-electron chi connectivity index (χ1n) is 10.7. The zero-order valence-electron chi connectivity index (χ0n) is 18.8. The number of Topliss-reactive ketones (excluding diaryl/α,β-unsaturated/α-hetero) is 1. The monoisotopic (exact) mass is 446 g/mol. The Hall–Kier alpha value is -2.49.